The Morgan fingerprint density at radius 1 is 1.06 bits per heavy atom. The smallest absolute Gasteiger partial charge is 0.318 e. The van der Waals surface area contributed by atoms with Crippen LogP contribution in [0.4, 0.5) is 19.0 Å². The van der Waals surface area contributed by atoms with Crippen molar-refractivity contribution in [3.8, 4) is 35.4 Å². The molecule has 0 bridgehead atoms. The van der Waals surface area contributed by atoms with Crippen LogP contribution in [-0.4, -0.2) is 77.9 Å². The number of halogens is 3. The fraction of sp³-hybridized carbons (Fsp3) is 0.524. The van der Waals surface area contributed by atoms with E-state index in [1.807, 2.05) is 4.90 Å². The van der Waals surface area contributed by atoms with Crippen LogP contribution in [0.3, 0.4) is 0 Å². The Hall–Kier alpha value is -4.47. The highest BCUT2D eigenvalue weighted by Gasteiger charge is 2.35. The lowest BCUT2D eigenvalue weighted by Crippen LogP contribution is -2.46. The molecule has 12 heteroatoms. The van der Waals surface area contributed by atoms with E-state index in [1.54, 1.807) is 0 Å². The number of nitrogens with zero attached hydrogens (tertiary/aromatic N) is 5. The van der Waals surface area contributed by atoms with Crippen LogP contribution in [-0.2, 0) is 4.79 Å². The molecule has 54 heavy (non-hydrogen) atoms. The van der Waals surface area contributed by atoms with Gasteiger partial charge in [0.1, 0.15) is 34.8 Å². The van der Waals surface area contributed by atoms with Crippen LogP contribution in [0.5, 0.6) is 11.8 Å². The van der Waals surface area contributed by atoms with Crippen molar-refractivity contribution < 1.29 is 27.4 Å². The van der Waals surface area contributed by atoms with Gasteiger partial charge in [-0.1, -0.05) is 71.3 Å². The monoisotopic (exact) mass is 746 g/mol. The molecule has 9 nitrogen and oxygen atoms in total. The van der Waals surface area contributed by atoms with Crippen LogP contribution in [0.15, 0.2) is 30.5 Å². The molecule has 2 aromatic heterocycles. The molecule has 0 saturated carbocycles. The number of unbranched alkanes of at least 4 members (excludes halogenated alkanes) is 5. The number of anilines is 1. The number of benzene rings is 2. The van der Waals surface area contributed by atoms with E-state index in [0.717, 1.165) is 19.4 Å². The first-order chi connectivity index (χ1) is 26.1. The number of methoxy groups -OCH3 is 1. The van der Waals surface area contributed by atoms with Gasteiger partial charge < -0.3 is 20.1 Å². The first-order valence-corrected chi connectivity index (χ1v) is 19.2. The number of piperidine rings is 1. The Balaban J connectivity index is 0.000000269. The van der Waals surface area contributed by atoms with E-state index in [0.29, 0.717) is 48.2 Å². The van der Waals surface area contributed by atoms with E-state index in [1.165, 1.54) is 88.9 Å². The summed E-state index contributed by atoms with van der Waals surface area (Å²) in [7, 11) is 1.39. The second-order valence-electron chi connectivity index (χ2n) is 14.6. The van der Waals surface area contributed by atoms with Gasteiger partial charge in [-0.15, -0.1) is 6.42 Å². The molecule has 0 aliphatic carbocycles. The number of ether oxygens (including phenoxy) is 2. The quantitative estimate of drug-likeness (QED) is 0.0973. The second-order valence-corrected chi connectivity index (χ2v) is 14.6. The number of hydrogen-bond acceptors (Lipinski definition) is 9. The molecule has 0 amide bonds. The van der Waals surface area contributed by atoms with Crippen molar-refractivity contribution in [1.82, 2.24) is 19.9 Å². The molecule has 3 aliphatic heterocycles. The first-order valence-electron chi connectivity index (χ1n) is 19.2. The van der Waals surface area contributed by atoms with Gasteiger partial charge >= 0.3 is 6.01 Å². The van der Waals surface area contributed by atoms with Crippen molar-refractivity contribution >= 4 is 34.0 Å². The molecule has 5 heterocycles. The van der Waals surface area contributed by atoms with E-state index in [4.69, 9.17) is 21.6 Å². The standard InChI is InChI=1S/C27H23F2N5O3.C8H18.C7H12FN/c1-4-18-21(28)6-5-15-8-17(37-13-35)9-19(22(15)18)24-23(29)25-20(10-31-24)26(33-27(32-25)36-3)34-11-14(2)7-16(30)12-34;1-3-5-7-8-6-4-2;8-6-4-7-2-1-3-9(7)5-6/h1,5-6,8-10,13-14,16H,7,11-12,30H2,2-3H3;3-8H2,1-2H3;6-7H,1-5H2/t;;6-,7?/m..1/s1. The third-order valence-electron chi connectivity index (χ3n) is 10.4. The second kappa shape index (κ2) is 19.2. The van der Waals surface area contributed by atoms with Crippen LogP contribution in [0.2, 0.25) is 0 Å². The van der Waals surface area contributed by atoms with Gasteiger partial charge in [0.05, 0.1) is 18.1 Å². The minimum absolute atomic E-state index is 0.0244. The average Bonchev–Trinajstić information content (AvgIpc) is 3.74. The number of carbonyl (C=O) groups excluding carboxylic acids is 1. The third-order valence-corrected chi connectivity index (χ3v) is 10.4. The Morgan fingerprint density at radius 2 is 1.81 bits per heavy atom. The summed E-state index contributed by atoms with van der Waals surface area (Å²) < 4.78 is 53.8. The van der Waals surface area contributed by atoms with Crippen LogP contribution in [0.1, 0.15) is 90.5 Å². The lowest BCUT2D eigenvalue weighted by Gasteiger charge is -2.36. The molecule has 2 aromatic carbocycles. The van der Waals surface area contributed by atoms with Crippen LogP contribution >= 0.6 is 0 Å². The van der Waals surface area contributed by atoms with E-state index in [9.17, 15) is 13.6 Å². The van der Waals surface area contributed by atoms with E-state index >= 15 is 4.39 Å². The molecular formula is C42H53F3N6O3. The lowest BCUT2D eigenvalue weighted by molar-refractivity contribution is -0.120. The van der Waals surface area contributed by atoms with Crippen LogP contribution < -0.4 is 20.1 Å². The van der Waals surface area contributed by atoms with Crippen molar-refractivity contribution in [2.75, 3.05) is 38.2 Å². The Kier molecular flexibility index (Phi) is 14.5. The predicted molar refractivity (Wildman–Crippen MR) is 208 cm³/mol. The number of aromatic nitrogens is 3. The maximum Gasteiger partial charge on any atom is 0.318 e. The van der Waals surface area contributed by atoms with Gasteiger partial charge in [-0.05, 0) is 61.7 Å². The van der Waals surface area contributed by atoms with Crippen molar-refractivity contribution in [3.63, 3.8) is 0 Å². The first kappa shape index (κ1) is 40.7. The molecule has 4 aromatic rings. The number of pyridine rings is 1. The summed E-state index contributed by atoms with van der Waals surface area (Å²) in [4.78, 5) is 28.4. The topological polar surface area (TPSA) is 107 Å². The highest BCUT2D eigenvalue weighted by molar-refractivity contribution is 6.03. The summed E-state index contributed by atoms with van der Waals surface area (Å²) >= 11 is 0. The molecule has 0 spiro atoms. The van der Waals surface area contributed by atoms with Crippen LogP contribution in [0, 0.1) is 29.9 Å². The summed E-state index contributed by atoms with van der Waals surface area (Å²) in [6.45, 7) is 9.91. The molecule has 0 radical (unpaired) electrons. The van der Waals surface area contributed by atoms with E-state index in [-0.39, 0.29) is 52.0 Å². The molecule has 290 valence electrons. The van der Waals surface area contributed by atoms with Gasteiger partial charge in [0, 0.05) is 48.9 Å². The van der Waals surface area contributed by atoms with Crippen molar-refractivity contribution in [3.05, 3.63) is 47.7 Å². The molecule has 3 unspecified atom stereocenters. The zero-order valence-corrected chi connectivity index (χ0v) is 31.9. The highest BCUT2D eigenvalue weighted by Crippen LogP contribution is 2.39. The molecule has 2 N–H and O–H groups in total. The Morgan fingerprint density at radius 3 is 2.46 bits per heavy atom. The summed E-state index contributed by atoms with van der Waals surface area (Å²) in [6.07, 6.45) is 19.2. The number of fused-ring (bicyclic) bond motifs is 3. The summed E-state index contributed by atoms with van der Waals surface area (Å²) in [5.41, 5.74) is 6.14. The van der Waals surface area contributed by atoms with Gasteiger partial charge in [-0.2, -0.15) is 9.97 Å². The number of nitrogens with two attached hydrogens (primary N) is 1. The van der Waals surface area contributed by atoms with Crippen molar-refractivity contribution in [1.29, 1.82) is 0 Å². The zero-order valence-electron chi connectivity index (χ0n) is 31.9. The fourth-order valence-corrected chi connectivity index (χ4v) is 7.86. The molecule has 3 saturated heterocycles. The third kappa shape index (κ3) is 9.60. The largest absolute Gasteiger partial charge is 0.467 e. The zero-order chi connectivity index (χ0) is 38.8. The maximum absolute atomic E-state index is 16.2. The van der Waals surface area contributed by atoms with Gasteiger partial charge in [-0.25, -0.2) is 13.2 Å². The van der Waals surface area contributed by atoms with Gasteiger partial charge in [0.15, 0.2) is 5.82 Å². The van der Waals surface area contributed by atoms with Crippen molar-refractivity contribution in [2.45, 2.75) is 103 Å². The van der Waals surface area contributed by atoms with Gasteiger partial charge in [0.2, 0.25) is 0 Å². The van der Waals surface area contributed by atoms with E-state index in [2.05, 4.69) is 46.5 Å². The summed E-state index contributed by atoms with van der Waals surface area (Å²) in [6, 6.07) is 6.08. The normalized spacial score (nSPS) is 20.8. The SMILES string of the molecule is C#Cc1c(F)ccc2cc(OC=O)cc(-c3ncc4c(N5CC(C)CC(N)C5)nc(OC)nc4c3F)c12.CCCCCCCC.F[C@@H]1CC2CCCN2C1. The predicted octanol–water partition coefficient (Wildman–Crippen LogP) is 8.38. The van der Waals surface area contributed by atoms with Crippen molar-refractivity contribution in [2.24, 2.45) is 11.7 Å². The van der Waals surface area contributed by atoms with Gasteiger partial charge in [0.25, 0.3) is 6.47 Å². The maximum atomic E-state index is 16.2. The number of carbonyl (C=O) groups is 1. The molecule has 7 rings (SSSR count). The number of hydrogen-bond donors (Lipinski definition) is 1. The number of alkyl halides is 1. The lowest BCUT2D eigenvalue weighted by atomic mass is 9.95. The molecule has 3 aliphatic rings. The van der Waals surface area contributed by atoms with Gasteiger partial charge in [-0.3, -0.25) is 14.7 Å². The Labute approximate surface area is 316 Å². The Bertz CT molecular complexity index is 1910. The molecule has 4 atom stereocenters. The summed E-state index contributed by atoms with van der Waals surface area (Å²) in [5, 5.41) is 1.07. The fourth-order valence-electron chi connectivity index (χ4n) is 7.86. The number of terminal acetylenes is 1. The van der Waals surface area contributed by atoms with E-state index < -0.39 is 17.8 Å². The minimum atomic E-state index is -0.786. The highest BCUT2D eigenvalue weighted by atomic mass is 19.1. The average molecular weight is 747 g/mol. The van der Waals surface area contributed by atoms with Crippen LogP contribution in [0.25, 0.3) is 32.9 Å². The molecular weight excluding hydrogens is 693 g/mol. The molecule has 3 fully saturated rings. The summed E-state index contributed by atoms with van der Waals surface area (Å²) in [5.74, 6) is 1.78. The number of rotatable bonds is 10. The minimum Gasteiger partial charge on any atom is -0.467 e.